The second-order valence-corrected chi connectivity index (χ2v) is 7.19. The van der Waals surface area contributed by atoms with Gasteiger partial charge in [0.1, 0.15) is 0 Å². The van der Waals surface area contributed by atoms with Gasteiger partial charge in [0.25, 0.3) is 0 Å². The number of amides is 3. The summed E-state index contributed by atoms with van der Waals surface area (Å²) in [5.74, 6) is -0.198. The molecule has 0 unspecified atom stereocenters. The minimum Gasteiger partial charge on any atom is -0.371 e. The molecule has 1 aromatic rings. The zero-order valence-corrected chi connectivity index (χ0v) is 15.1. The zero-order chi connectivity index (χ0) is 16.6. The lowest BCUT2D eigenvalue weighted by atomic mass is 9.78. The SMILES string of the molecule is Cl.O=C1CCN(c2ccc(N3CCC4(CCNC4)CC3)cc2)C(=O)N1. The van der Waals surface area contributed by atoms with Crippen molar-refractivity contribution in [3.8, 4) is 0 Å². The normalized spacial score (nSPS) is 22.7. The Morgan fingerprint density at radius 2 is 1.60 bits per heavy atom. The topological polar surface area (TPSA) is 64.7 Å². The maximum Gasteiger partial charge on any atom is 0.328 e. The van der Waals surface area contributed by atoms with Crippen LogP contribution < -0.4 is 20.4 Å². The molecule has 6 nitrogen and oxygen atoms in total. The van der Waals surface area contributed by atoms with Crippen LogP contribution in [-0.4, -0.2) is 44.7 Å². The summed E-state index contributed by atoms with van der Waals surface area (Å²) in [7, 11) is 0. The molecule has 3 amide bonds. The number of anilines is 2. The van der Waals surface area contributed by atoms with Gasteiger partial charge in [-0.25, -0.2) is 4.79 Å². The van der Waals surface area contributed by atoms with Crippen molar-refractivity contribution in [1.29, 1.82) is 0 Å². The molecular formula is C18H25ClN4O2. The number of hydrogen-bond donors (Lipinski definition) is 2. The van der Waals surface area contributed by atoms with E-state index in [0.29, 0.717) is 18.4 Å². The lowest BCUT2D eigenvalue weighted by Crippen LogP contribution is -2.49. The van der Waals surface area contributed by atoms with E-state index >= 15 is 0 Å². The summed E-state index contributed by atoms with van der Waals surface area (Å²) in [5.41, 5.74) is 2.58. The number of urea groups is 1. The molecule has 1 aromatic carbocycles. The average Bonchev–Trinajstić information content (AvgIpc) is 3.04. The minimum absolute atomic E-state index is 0. The summed E-state index contributed by atoms with van der Waals surface area (Å²) in [6.45, 7) is 4.97. The molecule has 0 aliphatic carbocycles. The van der Waals surface area contributed by atoms with E-state index in [-0.39, 0.29) is 24.3 Å². The van der Waals surface area contributed by atoms with Gasteiger partial charge >= 0.3 is 6.03 Å². The molecule has 3 aliphatic heterocycles. The third-order valence-corrected chi connectivity index (χ3v) is 5.74. The van der Waals surface area contributed by atoms with E-state index in [1.54, 1.807) is 4.90 Å². The van der Waals surface area contributed by atoms with Crippen LogP contribution in [0.15, 0.2) is 24.3 Å². The fraction of sp³-hybridized carbons (Fsp3) is 0.556. The van der Waals surface area contributed by atoms with Gasteiger partial charge in [-0.1, -0.05) is 0 Å². The smallest absolute Gasteiger partial charge is 0.328 e. The third kappa shape index (κ3) is 3.60. The van der Waals surface area contributed by atoms with Crippen molar-refractivity contribution in [3.63, 3.8) is 0 Å². The molecule has 2 N–H and O–H groups in total. The molecule has 3 heterocycles. The fourth-order valence-corrected chi connectivity index (χ4v) is 4.12. The summed E-state index contributed by atoms with van der Waals surface area (Å²) >= 11 is 0. The monoisotopic (exact) mass is 364 g/mol. The molecule has 3 aliphatic rings. The molecule has 136 valence electrons. The standard InChI is InChI=1S/C18H24N4O2.ClH/c23-16-5-10-22(17(24)20-16)15-3-1-14(2-4-15)21-11-7-18(8-12-21)6-9-19-13-18;/h1-4,19H,5-13H2,(H,20,23,24);1H. The molecule has 4 rings (SSSR count). The second kappa shape index (κ2) is 7.22. The molecule has 3 saturated heterocycles. The summed E-state index contributed by atoms with van der Waals surface area (Å²) in [4.78, 5) is 27.2. The van der Waals surface area contributed by atoms with E-state index in [9.17, 15) is 9.59 Å². The van der Waals surface area contributed by atoms with Crippen LogP contribution in [0.25, 0.3) is 0 Å². The van der Waals surface area contributed by atoms with E-state index in [1.807, 2.05) is 12.1 Å². The van der Waals surface area contributed by atoms with Gasteiger partial charge in [-0.05, 0) is 55.5 Å². The molecule has 0 aromatic heterocycles. The first-order chi connectivity index (χ1) is 11.7. The molecule has 7 heteroatoms. The summed E-state index contributed by atoms with van der Waals surface area (Å²) in [6.07, 6.45) is 4.16. The number of nitrogens with one attached hydrogen (secondary N) is 2. The lowest BCUT2D eigenvalue weighted by Gasteiger charge is -2.40. The average molecular weight is 365 g/mol. The van der Waals surface area contributed by atoms with Crippen molar-refractivity contribution >= 4 is 35.7 Å². The van der Waals surface area contributed by atoms with Crippen LogP contribution in [0, 0.1) is 5.41 Å². The molecule has 0 bridgehead atoms. The maximum absolute atomic E-state index is 11.9. The Kier molecular flexibility index (Phi) is 5.20. The molecule has 0 atom stereocenters. The highest BCUT2D eigenvalue weighted by Crippen LogP contribution is 2.38. The molecule has 0 saturated carbocycles. The van der Waals surface area contributed by atoms with Gasteiger partial charge in [0.05, 0.1) is 0 Å². The largest absolute Gasteiger partial charge is 0.371 e. The van der Waals surface area contributed by atoms with E-state index in [2.05, 4.69) is 27.7 Å². The number of piperidine rings is 1. The number of halogens is 1. The molecule has 1 spiro atoms. The lowest BCUT2D eigenvalue weighted by molar-refractivity contribution is -0.120. The van der Waals surface area contributed by atoms with Crippen molar-refractivity contribution in [2.75, 3.05) is 42.5 Å². The van der Waals surface area contributed by atoms with E-state index in [4.69, 9.17) is 0 Å². The van der Waals surface area contributed by atoms with Gasteiger partial charge in [-0.15, -0.1) is 12.4 Å². The highest BCUT2D eigenvalue weighted by atomic mass is 35.5. The zero-order valence-electron chi connectivity index (χ0n) is 14.3. The maximum atomic E-state index is 11.9. The van der Waals surface area contributed by atoms with Crippen LogP contribution >= 0.6 is 12.4 Å². The third-order valence-electron chi connectivity index (χ3n) is 5.74. The number of carbonyl (C=O) groups is 2. The Labute approximate surface area is 154 Å². The van der Waals surface area contributed by atoms with Gasteiger partial charge in [0, 0.05) is 44.0 Å². The first-order valence-corrected chi connectivity index (χ1v) is 8.82. The molecule has 25 heavy (non-hydrogen) atoms. The minimum atomic E-state index is -0.326. The number of rotatable bonds is 2. The predicted molar refractivity (Wildman–Crippen MR) is 101 cm³/mol. The first-order valence-electron chi connectivity index (χ1n) is 8.82. The van der Waals surface area contributed by atoms with Gasteiger partial charge in [0.2, 0.25) is 5.91 Å². The highest BCUT2D eigenvalue weighted by Gasteiger charge is 2.37. The first kappa shape index (κ1) is 18.0. The summed E-state index contributed by atoms with van der Waals surface area (Å²) in [5, 5.41) is 5.87. The number of nitrogens with zero attached hydrogens (tertiary/aromatic N) is 2. The van der Waals surface area contributed by atoms with Crippen LogP contribution in [0.3, 0.4) is 0 Å². The highest BCUT2D eigenvalue weighted by molar-refractivity contribution is 6.05. The van der Waals surface area contributed by atoms with Crippen molar-refractivity contribution in [3.05, 3.63) is 24.3 Å². The number of benzene rings is 1. The second-order valence-electron chi connectivity index (χ2n) is 7.19. The molecule has 3 fully saturated rings. The van der Waals surface area contributed by atoms with Crippen molar-refractivity contribution < 1.29 is 9.59 Å². The van der Waals surface area contributed by atoms with Crippen molar-refractivity contribution in [1.82, 2.24) is 10.6 Å². The number of carbonyl (C=O) groups excluding carboxylic acids is 2. The van der Waals surface area contributed by atoms with Crippen LogP contribution in [-0.2, 0) is 4.79 Å². The van der Waals surface area contributed by atoms with Crippen LogP contribution in [0.1, 0.15) is 25.7 Å². The van der Waals surface area contributed by atoms with Gasteiger partial charge in [0.15, 0.2) is 0 Å². The molecule has 0 radical (unpaired) electrons. The Hall–Kier alpha value is -1.79. The Morgan fingerprint density at radius 1 is 0.920 bits per heavy atom. The Balaban J connectivity index is 0.00000182. The number of hydrogen-bond acceptors (Lipinski definition) is 4. The van der Waals surface area contributed by atoms with E-state index in [0.717, 1.165) is 25.3 Å². The van der Waals surface area contributed by atoms with Gasteiger partial charge < -0.3 is 10.2 Å². The molecular weight excluding hydrogens is 340 g/mol. The Bertz CT molecular complexity index is 633. The Morgan fingerprint density at radius 3 is 2.20 bits per heavy atom. The van der Waals surface area contributed by atoms with Crippen molar-refractivity contribution in [2.24, 2.45) is 5.41 Å². The summed E-state index contributed by atoms with van der Waals surface area (Å²) < 4.78 is 0. The predicted octanol–water partition coefficient (Wildman–Crippen LogP) is 2.13. The van der Waals surface area contributed by atoms with Crippen molar-refractivity contribution in [2.45, 2.75) is 25.7 Å². The van der Waals surface area contributed by atoms with Crippen LogP contribution in [0.4, 0.5) is 16.2 Å². The van der Waals surface area contributed by atoms with Gasteiger partial charge in [-0.2, -0.15) is 0 Å². The van der Waals surface area contributed by atoms with Gasteiger partial charge in [-0.3, -0.25) is 15.0 Å². The van der Waals surface area contributed by atoms with Crippen LogP contribution in [0.5, 0.6) is 0 Å². The van der Waals surface area contributed by atoms with E-state index < -0.39 is 0 Å². The quantitative estimate of drug-likeness (QED) is 0.843. The number of imide groups is 1. The van der Waals surface area contributed by atoms with Crippen LogP contribution in [0.2, 0.25) is 0 Å². The summed E-state index contributed by atoms with van der Waals surface area (Å²) in [6, 6.07) is 7.80. The fourth-order valence-electron chi connectivity index (χ4n) is 4.12. The van der Waals surface area contributed by atoms with E-state index in [1.165, 1.54) is 31.5 Å².